The van der Waals surface area contributed by atoms with Crippen molar-refractivity contribution >= 4 is 28.9 Å². The van der Waals surface area contributed by atoms with Gasteiger partial charge < -0.3 is 23.8 Å². The van der Waals surface area contributed by atoms with E-state index in [0.29, 0.717) is 33.0 Å². The Labute approximate surface area is 258 Å². The highest BCUT2D eigenvalue weighted by atomic mass is 35.5. The number of ether oxygens (including phenoxy) is 4. The number of piperidine rings is 1. The molecule has 0 aliphatic carbocycles. The minimum atomic E-state index is 0.0245. The van der Waals surface area contributed by atoms with Crippen LogP contribution in [0.2, 0.25) is 10.0 Å². The van der Waals surface area contributed by atoms with Crippen LogP contribution >= 0.6 is 23.2 Å². The standard InChI is InChI=1S/C35H37Cl2NO4/c36-30-11-7-28(8-12-30)25-41-34-21-35(42-26-29-9-13-31(37)14-10-29)23-38(22-34)32-15-17-33(18-16-32)40-20-4-19-39-24-27-5-2-1-3-6-27/h1-3,5-18,34-35H,4,19-26H2. The molecule has 0 aromatic heterocycles. The normalized spacial score (nSPS) is 16.9. The Morgan fingerprint density at radius 2 is 1.14 bits per heavy atom. The van der Waals surface area contributed by atoms with Crippen molar-refractivity contribution < 1.29 is 18.9 Å². The number of rotatable bonds is 14. The van der Waals surface area contributed by atoms with Gasteiger partial charge in [-0.05, 0) is 65.2 Å². The van der Waals surface area contributed by atoms with Gasteiger partial charge in [-0.2, -0.15) is 0 Å². The van der Waals surface area contributed by atoms with Crippen molar-refractivity contribution in [2.45, 2.75) is 44.9 Å². The summed E-state index contributed by atoms with van der Waals surface area (Å²) in [5, 5.41) is 1.45. The van der Waals surface area contributed by atoms with Gasteiger partial charge in [-0.1, -0.05) is 77.8 Å². The van der Waals surface area contributed by atoms with Crippen molar-refractivity contribution in [2.75, 3.05) is 31.2 Å². The van der Waals surface area contributed by atoms with Crippen LogP contribution in [0, 0.1) is 0 Å². The van der Waals surface area contributed by atoms with E-state index in [1.807, 2.05) is 78.9 Å². The Balaban J connectivity index is 1.13. The van der Waals surface area contributed by atoms with Gasteiger partial charge >= 0.3 is 0 Å². The Morgan fingerprint density at radius 1 is 0.595 bits per heavy atom. The summed E-state index contributed by atoms with van der Waals surface area (Å²) in [7, 11) is 0. The Hall–Kier alpha value is -3.06. The number of benzene rings is 4. The van der Waals surface area contributed by atoms with E-state index < -0.39 is 0 Å². The van der Waals surface area contributed by atoms with Gasteiger partial charge in [0.2, 0.25) is 0 Å². The van der Waals surface area contributed by atoms with Crippen molar-refractivity contribution in [1.82, 2.24) is 0 Å². The highest BCUT2D eigenvalue weighted by Crippen LogP contribution is 2.27. The van der Waals surface area contributed by atoms with Crippen molar-refractivity contribution in [1.29, 1.82) is 0 Å². The van der Waals surface area contributed by atoms with Gasteiger partial charge in [0, 0.05) is 41.7 Å². The molecule has 0 N–H and O–H groups in total. The summed E-state index contributed by atoms with van der Waals surface area (Å²) in [5.74, 6) is 0.852. The molecule has 1 saturated heterocycles. The molecular weight excluding hydrogens is 569 g/mol. The van der Waals surface area contributed by atoms with Crippen LogP contribution in [-0.4, -0.2) is 38.5 Å². The molecule has 2 atom stereocenters. The highest BCUT2D eigenvalue weighted by molar-refractivity contribution is 6.30. The van der Waals surface area contributed by atoms with Gasteiger partial charge in [-0.15, -0.1) is 0 Å². The lowest BCUT2D eigenvalue weighted by Gasteiger charge is -2.39. The summed E-state index contributed by atoms with van der Waals surface area (Å²) in [4.78, 5) is 2.34. The fourth-order valence-electron chi connectivity index (χ4n) is 4.92. The maximum Gasteiger partial charge on any atom is 0.119 e. The zero-order valence-electron chi connectivity index (χ0n) is 23.7. The van der Waals surface area contributed by atoms with E-state index in [0.717, 1.165) is 58.5 Å². The molecule has 0 amide bonds. The topological polar surface area (TPSA) is 40.2 Å². The molecule has 1 fully saturated rings. The van der Waals surface area contributed by atoms with Crippen LogP contribution in [0.1, 0.15) is 29.5 Å². The summed E-state index contributed by atoms with van der Waals surface area (Å²) in [6.45, 7) is 4.53. The lowest BCUT2D eigenvalue weighted by molar-refractivity contribution is -0.0385. The minimum absolute atomic E-state index is 0.0245. The first kappa shape index (κ1) is 30.4. The van der Waals surface area contributed by atoms with E-state index in [1.54, 1.807) is 0 Å². The lowest BCUT2D eigenvalue weighted by Crippen LogP contribution is -2.47. The summed E-state index contributed by atoms with van der Waals surface area (Å²) < 4.78 is 24.5. The molecule has 42 heavy (non-hydrogen) atoms. The SMILES string of the molecule is Clc1ccc(COC2CC(OCc3ccc(Cl)cc3)CN(c3ccc(OCCCOCc4ccccc4)cc3)C2)cc1. The Bertz CT molecular complexity index is 1280. The van der Waals surface area contributed by atoms with E-state index in [1.165, 1.54) is 5.56 Å². The maximum absolute atomic E-state index is 6.38. The first-order valence-corrected chi connectivity index (χ1v) is 15.2. The largest absolute Gasteiger partial charge is 0.494 e. The quantitative estimate of drug-likeness (QED) is 0.135. The number of halogens is 2. The number of hydrogen-bond donors (Lipinski definition) is 0. The van der Waals surface area contributed by atoms with Crippen molar-refractivity contribution in [3.8, 4) is 5.75 Å². The monoisotopic (exact) mass is 605 g/mol. The Kier molecular flexibility index (Phi) is 11.6. The summed E-state index contributed by atoms with van der Waals surface area (Å²) in [6, 6.07) is 34.1. The van der Waals surface area contributed by atoms with E-state index in [-0.39, 0.29) is 12.2 Å². The van der Waals surface area contributed by atoms with Gasteiger partial charge in [0.1, 0.15) is 5.75 Å². The molecule has 1 heterocycles. The third kappa shape index (κ3) is 9.75. The Morgan fingerprint density at radius 3 is 1.71 bits per heavy atom. The van der Waals surface area contributed by atoms with Crippen LogP contribution in [0.4, 0.5) is 5.69 Å². The summed E-state index contributed by atoms with van der Waals surface area (Å²) in [5.41, 5.74) is 4.50. The van der Waals surface area contributed by atoms with Gasteiger partial charge in [0.05, 0.1) is 45.2 Å². The van der Waals surface area contributed by atoms with Crippen LogP contribution in [-0.2, 0) is 34.0 Å². The molecular formula is C35H37Cl2NO4. The van der Waals surface area contributed by atoms with Crippen LogP contribution < -0.4 is 9.64 Å². The molecule has 1 aliphatic heterocycles. The second kappa shape index (κ2) is 16.0. The molecule has 5 rings (SSSR count). The molecule has 0 saturated carbocycles. The second-order valence-corrected chi connectivity index (χ2v) is 11.4. The van der Waals surface area contributed by atoms with Crippen LogP contribution in [0.3, 0.4) is 0 Å². The molecule has 0 spiro atoms. The molecule has 220 valence electrons. The second-order valence-electron chi connectivity index (χ2n) is 10.5. The fourth-order valence-corrected chi connectivity index (χ4v) is 5.17. The number of hydrogen-bond acceptors (Lipinski definition) is 5. The van der Waals surface area contributed by atoms with Crippen LogP contribution in [0.5, 0.6) is 5.75 Å². The predicted molar refractivity (Wildman–Crippen MR) is 170 cm³/mol. The van der Waals surface area contributed by atoms with E-state index in [9.17, 15) is 0 Å². The van der Waals surface area contributed by atoms with E-state index in [2.05, 4.69) is 29.2 Å². The maximum atomic E-state index is 6.38. The van der Waals surface area contributed by atoms with Crippen molar-refractivity contribution in [3.05, 3.63) is 130 Å². The molecule has 1 aliphatic rings. The van der Waals surface area contributed by atoms with E-state index in [4.69, 9.17) is 42.1 Å². The smallest absolute Gasteiger partial charge is 0.119 e. The molecule has 4 aromatic carbocycles. The molecule has 7 heteroatoms. The molecule has 4 aromatic rings. The van der Waals surface area contributed by atoms with Gasteiger partial charge in [0.15, 0.2) is 0 Å². The van der Waals surface area contributed by atoms with Gasteiger partial charge in [-0.25, -0.2) is 0 Å². The predicted octanol–water partition coefficient (Wildman–Crippen LogP) is 8.36. The van der Waals surface area contributed by atoms with Gasteiger partial charge in [-0.3, -0.25) is 0 Å². The van der Waals surface area contributed by atoms with Crippen LogP contribution in [0.25, 0.3) is 0 Å². The number of nitrogens with zero attached hydrogens (tertiary/aromatic N) is 1. The molecule has 0 radical (unpaired) electrons. The van der Waals surface area contributed by atoms with Crippen molar-refractivity contribution in [2.24, 2.45) is 0 Å². The van der Waals surface area contributed by atoms with Crippen LogP contribution in [0.15, 0.2) is 103 Å². The zero-order valence-corrected chi connectivity index (χ0v) is 25.2. The summed E-state index contributed by atoms with van der Waals surface area (Å²) >= 11 is 12.1. The molecule has 2 unspecified atom stereocenters. The number of anilines is 1. The zero-order chi connectivity index (χ0) is 29.0. The van der Waals surface area contributed by atoms with Gasteiger partial charge in [0.25, 0.3) is 0 Å². The first-order valence-electron chi connectivity index (χ1n) is 14.4. The average Bonchev–Trinajstić information content (AvgIpc) is 3.03. The fraction of sp³-hybridized carbons (Fsp3) is 0.314. The average molecular weight is 607 g/mol. The third-order valence-electron chi connectivity index (χ3n) is 7.19. The first-order chi connectivity index (χ1) is 20.6. The highest BCUT2D eigenvalue weighted by Gasteiger charge is 2.29. The molecule has 5 nitrogen and oxygen atoms in total. The minimum Gasteiger partial charge on any atom is -0.494 e. The van der Waals surface area contributed by atoms with Crippen molar-refractivity contribution in [3.63, 3.8) is 0 Å². The summed E-state index contributed by atoms with van der Waals surface area (Å²) in [6.07, 6.45) is 1.71. The lowest BCUT2D eigenvalue weighted by atomic mass is 10.0. The third-order valence-corrected chi connectivity index (χ3v) is 7.69. The molecule has 0 bridgehead atoms. The van der Waals surface area contributed by atoms with E-state index >= 15 is 0 Å².